The molecular weight excluding hydrogens is 346 g/mol. The number of carbonyl (C=O) groups is 2. The lowest BCUT2D eigenvalue weighted by Gasteiger charge is -2.17. The molecule has 2 aromatic carbocycles. The van der Waals surface area contributed by atoms with Crippen molar-refractivity contribution in [2.75, 3.05) is 19.8 Å². The minimum Gasteiger partial charge on any atom is -0.480 e. The Morgan fingerprint density at radius 2 is 1.70 bits per heavy atom. The molecule has 1 aliphatic carbocycles. The van der Waals surface area contributed by atoms with E-state index in [1.54, 1.807) is 0 Å². The van der Waals surface area contributed by atoms with Gasteiger partial charge in [0, 0.05) is 5.92 Å². The fourth-order valence-corrected chi connectivity index (χ4v) is 3.23. The first-order chi connectivity index (χ1) is 13.1. The third kappa shape index (κ3) is 4.17. The largest absolute Gasteiger partial charge is 0.480 e. The van der Waals surface area contributed by atoms with Crippen LogP contribution in [0.4, 0.5) is 4.79 Å². The summed E-state index contributed by atoms with van der Waals surface area (Å²) >= 11 is 0. The van der Waals surface area contributed by atoms with Crippen LogP contribution < -0.4 is 5.32 Å². The SMILES string of the molecule is C=CCOCC(NC(=O)OCC1c2ccccc2-c2ccccc21)C(=O)O. The van der Waals surface area contributed by atoms with Gasteiger partial charge in [-0.15, -0.1) is 6.58 Å². The summed E-state index contributed by atoms with van der Waals surface area (Å²) in [5, 5.41) is 11.5. The van der Waals surface area contributed by atoms with Crippen LogP contribution in [0.2, 0.25) is 0 Å². The third-order valence-corrected chi connectivity index (χ3v) is 4.45. The molecule has 6 heteroatoms. The highest BCUT2D eigenvalue weighted by molar-refractivity contribution is 5.81. The highest BCUT2D eigenvalue weighted by Gasteiger charge is 2.29. The van der Waals surface area contributed by atoms with Crippen LogP contribution in [0, 0.1) is 0 Å². The van der Waals surface area contributed by atoms with Crippen LogP contribution in [0.1, 0.15) is 17.0 Å². The van der Waals surface area contributed by atoms with Gasteiger partial charge in [0.15, 0.2) is 6.04 Å². The maximum atomic E-state index is 12.1. The van der Waals surface area contributed by atoms with Crippen LogP contribution in [0.15, 0.2) is 61.2 Å². The molecule has 1 aliphatic rings. The summed E-state index contributed by atoms with van der Waals surface area (Å²) in [6.45, 7) is 3.66. The van der Waals surface area contributed by atoms with Crippen LogP contribution in [0.3, 0.4) is 0 Å². The molecule has 0 heterocycles. The van der Waals surface area contributed by atoms with Crippen molar-refractivity contribution in [2.24, 2.45) is 0 Å². The Bertz CT molecular complexity index is 802. The van der Waals surface area contributed by atoms with E-state index in [0.29, 0.717) is 0 Å². The maximum absolute atomic E-state index is 12.1. The number of hydrogen-bond acceptors (Lipinski definition) is 4. The van der Waals surface area contributed by atoms with Crippen LogP contribution >= 0.6 is 0 Å². The van der Waals surface area contributed by atoms with Gasteiger partial charge in [0.25, 0.3) is 0 Å². The highest BCUT2D eigenvalue weighted by Crippen LogP contribution is 2.44. The average Bonchev–Trinajstić information content (AvgIpc) is 2.99. The van der Waals surface area contributed by atoms with Crippen molar-refractivity contribution >= 4 is 12.1 Å². The lowest BCUT2D eigenvalue weighted by molar-refractivity contribution is -0.140. The fraction of sp³-hybridized carbons (Fsp3) is 0.238. The van der Waals surface area contributed by atoms with Gasteiger partial charge in [0.1, 0.15) is 6.61 Å². The summed E-state index contributed by atoms with van der Waals surface area (Å²) < 4.78 is 10.4. The second-order valence-electron chi connectivity index (χ2n) is 6.19. The molecule has 140 valence electrons. The summed E-state index contributed by atoms with van der Waals surface area (Å²) in [4.78, 5) is 23.3. The number of rotatable bonds is 8. The minimum atomic E-state index is -1.19. The molecular formula is C21H21NO5. The molecule has 1 unspecified atom stereocenters. The number of carboxylic acids is 1. The Morgan fingerprint density at radius 1 is 1.11 bits per heavy atom. The van der Waals surface area contributed by atoms with E-state index >= 15 is 0 Å². The molecule has 6 nitrogen and oxygen atoms in total. The number of nitrogens with one attached hydrogen (secondary N) is 1. The number of aliphatic carboxylic acids is 1. The Balaban J connectivity index is 1.65. The van der Waals surface area contributed by atoms with Gasteiger partial charge in [-0.25, -0.2) is 9.59 Å². The van der Waals surface area contributed by atoms with Gasteiger partial charge in [-0.1, -0.05) is 54.6 Å². The predicted molar refractivity (Wildman–Crippen MR) is 101 cm³/mol. The van der Waals surface area contributed by atoms with Crippen molar-refractivity contribution < 1.29 is 24.2 Å². The molecule has 1 amide bonds. The number of benzene rings is 2. The molecule has 0 spiro atoms. The zero-order valence-corrected chi connectivity index (χ0v) is 14.8. The first kappa shape index (κ1) is 18.7. The Morgan fingerprint density at radius 3 is 2.26 bits per heavy atom. The molecule has 0 radical (unpaired) electrons. The Hall–Kier alpha value is -3.12. The van der Waals surface area contributed by atoms with Crippen LogP contribution in [0.25, 0.3) is 11.1 Å². The van der Waals surface area contributed by atoms with Gasteiger partial charge in [-0.3, -0.25) is 0 Å². The molecule has 3 rings (SSSR count). The highest BCUT2D eigenvalue weighted by atomic mass is 16.5. The number of carboxylic acid groups (broad SMARTS) is 1. The van der Waals surface area contributed by atoms with Crippen molar-refractivity contribution in [2.45, 2.75) is 12.0 Å². The molecule has 2 aromatic rings. The molecule has 0 saturated carbocycles. The summed E-state index contributed by atoms with van der Waals surface area (Å²) in [5.74, 6) is -1.27. The van der Waals surface area contributed by atoms with Gasteiger partial charge in [-0.05, 0) is 22.3 Å². The van der Waals surface area contributed by atoms with E-state index in [1.807, 2.05) is 48.5 Å². The van der Waals surface area contributed by atoms with Crippen LogP contribution in [-0.2, 0) is 14.3 Å². The number of alkyl carbamates (subject to hydrolysis) is 1. The van der Waals surface area contributed by atoms with Crippen LogP contribution in [0.5, 0.6) is 0 Å². The molecule has 0 aromatic heterocycles. The van der Waals surface area contributed by atoms with E-state index in [2.05, 4.69) is 11.9 Å². The Kier molecular flexibility index (Phi) is 5.88. The van der Waals surface area contributed by atoms with Crippen molar-refractivity contribution in [3.05, 3.63) is 72.3 Å². The standard InChI is InChI=1S/C21H21NO5/c1-2-11-26-13-19(20(23)24)22-21(25)27-12-18-16-9-5-3-7-14(16)15-8-4-6-10-17(15)18/h2-10,18-19H,1,11-13H2,(H,22,25)(H,23,24). The number of fused-ring (bicyclic) bond motifs is 3. The fourth-order valence-electron chi connectivity index (χ4n) is 3.23. The second-order valence-corrected chi connectivity index (χ2v) is 6.19. The van der Waals surface area contributed by atoms with Gasteiger partial charge < -0.3 is 19.9 Å². The van der Waals surface area contributed by atoms with Gasteiger partial charge >= 0.3 is 12.1 Å². The van der Waals surface area contributed by atoms with Gasteiger partial charge in [0.2, 0.25) is 0 Å². The molecule has 1 atom stereocenters. The number of hydrogen-bond donors (Lipinski definition) is 2. The van der Waals surface area contributed by atoms with E-state index in [1.165, 1.54) is 6.08 Å². The van der Waals surface area contributed by atoms with Crippen molar-refractivity contribution in [3.8, 4) is 11.1 Å². The maximum Gasteiger partial charge on any atom is 0.407 e. The third-order valence-electron chi connectivity index (χ3n) is 4.45. The molecule has 0 fully saturated rings. The van der Waals surface area contributed by atoms with E-state index in [-0.39, 0.29) is 25.7 Å². The Labute approximate surface area is 157 Å². The van der Waals surface area contributed by atoms with E-state index in [0.717, 1.165) is 22.3 Å². The molecule has 2 N–H and O–H groups in total. The summed E-state index contributed by atoms with van der Waals surface area (Å²) in [5.41, 5.74) is 4.44. The normalized spacial score (nSPS) is 13.3. The van der Waals surface area contributed by atoms with E-state index in [4.69, 9.17) is 9.47 Å². The minimum absolute atomic E-state index is 0.0801. The van der Waals surface area contributed by atoms with Crippen molar-refractivity contribution in [3.63, 3.8) is 0 Å². The van der Waals surface area contributed by atoms with Crippen LogP contribution in [-0.4, -0.2) is 43.0 Å². The smallest absolute Gasteiger partial charge is 0.407 e. The quantitative estimate of drug-likeness (QED) is 0.553. The first-order valence-electron chi connectivity index (χ1n) is 8.64. The first-order valence-corrected chi connectivity index (χ1v) is 8.64. The van der Waals surface area contributed by atoms with Crippen molar-refractivity contribution in [1.29, 1.82) is 0 Å². The lowest BCUT2D eigenvalue weighted by Crippen LogP contribution is -2.44. The summed E-state index contributed by atoms with van der Waals surface area (Å²) in [6, 6.07) is 14.8. The molecule has 27 heavy (non-hydrogen) atoms. The lowest BCUT2D eigenvalue weighted by atomic mass is 9.98. The van der Waals surface area contributed by atoms with Gasteiger partial charge in [-0.2, -0.15) is 0 Å². The second kappa shape index (κ2) is 8.51. The molecule has 0 bridgehead atoms. The average molecular weight is 367 g/mol. The monoisotopic (exact) mass is 367 g/mol. The number of amides is 1. The summed E-state index contributed by atoms with van der Waals surface area (Å²) in [7, 11) is 0. The van der Waals surface area contributed by atoms with E-state index < -0.39 is 18.1 Å². The van der Waals surface area contributed by atoms with Gasteiger partial charge in [0.05, 0.1) is 13.2 Å². The van der Waals surface area contributed by atoms with Crippen molar-refractivity contribution in [1.82, 2.24) is 5.32 Å². The zero-order chi connectivity index (χ0) is 19.2. The summed E-state index contributed by atoms with van der Waals surface area (Å²) in [6.07, 6.45) is 0.720. The number of ether oxygens (including phenoxy) is 2. The predicted octanol–water partition coefficient (Wildman–Crippen LogP) is 3.18. The topological polar surface area (TPSA) is 84.9 Å². The molecule has 0 saturated heterocycles. The number of carbonyl (C=O) groups excluding carboxylic acids is 1. The van der Waals surface area contributed by atoms with E-state index in [9.17, 15) is 14.7 Å². The zero-order valence-electron chi connectivity index (χ0n) is 14.8. The molecule has 0 aliphatic heterocycles.